The summed E-state index contributed by atoms with van der Waals surface area (Å²) in [4.78, 5) is 9.10. The third-order valence-corrected chi connectivity index (χ3v) is 3.54. The summed E-state index contributed by atoms with van der Waals surface area (Å²) in [5.41, 5.74) is 4.40. The number of nitro benzene ring substituents is 1. The van der Waals surface area contributed by atoms with Gasteiger partial charge in [0.25, 0.3) is 0 Å². The van der Waals surface area contributed by atoms with E-state index in [2.05, 4.69) is 4.72 Å². The van der Waals surface area contributed by atoms with Crippen LogP contribution >= 0.6 is 0 Å². The summed E-state index contributed by atoms with van der Waals surface area (Å²) in [6.45, 7) is 0.270. The van der Waals surface area contributed by atoms with Gasteiger partial charge in [0.2, 0.25) is 15.8 Å². The van der Waals surface area contributed by atoms with Gasteiger partial charge < -0.3 is 5.73 Å². The Morgan fingerprint density at radius 2 is 2.11 bits per heavy atom. The van der Waals surface area contributed by atoms with Crippen molar-refractivity contribution in [1.82, 2.24) is 4.72 Å². The highest BCUT2D eigenvalue weighted by atomic mass is 32.2. The Morgan fingerprint density at radius 3 is 2.63 bits per heavy atom. The molecule has 9 heteroatoms. The number of nitrogens with zero attached hydrogens (tertiary/aromatic N) is 1. The summed E-state index contributed by atoms with van der Waals surface area (Å²) in [6.07, 6.45) is 3.05. The van der Waals surface area contributed by atoms with Crippen molar-refractivity contribution in [2.45, 2.75) is 4.90 Å². The van der Waals surface area contributed by atoms with Gasteiger partial charge in [0.15, 0.2) is 0 Å². The van der Waals surface area contributed by atoms with Crippen molar-refractivity contribution in [2.75, 3.05) is 13.1 Å². The van der Waals surface area contributed by atoms with Gasteiger partial charge in [-0.25, -0.2) is 13.1 Å². The summed E-state index contributed by atoms with van der Waals surface area (Å²) in [5, 5.41) is 10.4. The summed E-state index contributed by atoms with van der Waals surface area (Å²) in [6, 6.07) is 2.38. The highest BCUT2D eigenvalue weighted by Crippen LogP contribution is 2.20. The van der Waals surface area contributed by atoms with Gasteiger partial charge in [-0.15, -0.1) is 0 Å². The molecule has 1 aromatic carbocycles. The standard InChI is InChI=1S/C10H12FN3O4S/c11-9-7-8(3-4-10(9)14(15)16)19(17,18)13-6-2-1-5-12/h1-4,7,13H,5-6,12H2/b2-1+. The fourth-order valence-electron chi connectivity index (χ4n) is 1.22. The highest BCUT2D eigenvalue weighted by molar-refractivity contribution is 7.89. The molecule has 0 atom stereocenters. The van der Waals surface area contributed by atoms with E-state index in [0.717, 1.165) is 12.1 Å². The molecule has 1 rings (SSSR count). The van der Waals surface area contributed by atoms with E-state index in [4.69, 9.17) is 5.73 Å². The number of nitrogens with two attached hydrogens (primary N) is 1. The molecule has 0 aliphatic carbocycles. The van der Waals surface area contributed by atoms with Crippen LogP contribution in [0.3, 0.4) is 0 Å². The number of hydrogen-bond acceptors (Lipinski definition) is 5. The molecule has 0 fully saturated rings. The number of nitrogens with one attached hydrogen (secondary N) is 1. The molecule has 7 nitrogen and oxygen atoms in total. The molecule has 0 spiro atoms. The molecule has 0 radical (unpaired) electrons. The molecular formula is C10H12FN3O4S. The Balaban J connectivity index is 2.93. The van der Waals surface area contributed by atoms with Crippen LogP contribution in [0, 0.1) is 15.9 Å². The van der Waals surface area contributed by atoms with Crippen LogP contribution in [-0.2, 0) is 10.0 Å². The van der Waals surface area contributed by atoms with Crippen molar-refractivity contribution >= 4 is 15.7 Å². The fraction of sp³-hybridized carbons (Fsp3) is 0.200. The summed E-state index contributed by atoms with van der Waals surface area (Å²) < 4.78 is 38.9. The first-order valence-electron chi connectivity index (χ1n) is 5.17. The quantitative estimate of drug-likeness (QED) is 0.450. The average Bonchev–Trinajstić information content (AvgIpc) is 2.34. The highest BCUT2D eigenvalue weighted by Gasteiger charge is 2.19. The van der Waals surface area contributed by atoms with Crippen LogP contribution in [0.4, 0.5) is 10.1 Å². The molecule has 104 valence electrons. The van der Waals surface area contributed by atoms with Crippen molar-refractivity contribution in [1.29, 1.82) is 0 Å². The molecular weight excluding hydrogens is 277 g/mol. The molecule has 0 aromatic heterocycles. The minimum absolute atomic E-state index is 0.00185. The predicted octanol–water partition coefficient (Wildman–Crippen LogP) is 0.527. The lowest BCUT2D eigenvalue weighted by Gasteiger charge is -2.04. The van der Waals surface area contributed by atoms with Crippen LogP contribution < -0.4 is 10.5 Å². The Labute approximate surface area is 109 Å². The number of sulfonamides is 1. The lowest BCUT2D eigenvalue weighted by molar-refractivity contribution is -0.387. The van der Waals surface area contributed by atoms with Gasteiger partial charge in [0.1, 0.15) is 0 Å². The molecule has 0 aliphatic heterocycles. The SMILES string of the molecule is NC/C=C/CNS(=O)(=O)c1ccc([N+](=O)[O-])c(F)c1. The first-order chi connectivity index (χ1) is 8.88. The summed E-state index contributed by atoms with van der Waals surface area (Å²) >= 11 is 0. The zero-order chi connectivity index (χ0) is 14.5. The van der Waals surface area contributed by atoms with Crippen molar-refractivity contribution < 1.29 is 17.7 Å². The topological polar surface area (TPSA) is 115 Å². The van der Waals surface area contributed by atoms with Crippen molar-refractivity contribution in [3.63, 3.8) is 0 Å². The number of rotatable bonds is 6. The minimum Gasteiger partial charge on any atom is -0.327 e. The maximum atomic E-state index is 13.3. The van der Waals surface area contributed by atoms with Gasteiger partial charge in [0, 0.05) is 25.2 Å². The summed E-state index contributed by atoms with van der Waals surface area (Å²) in [5.74, 6) is -1.20. The van der Waals surface area contributed by atoms with E-state index < -0.39 is 26.5 Å². The van der Waals surface area contributed by atoms with Crippen LogP contribution in [0.5, 0.6) is 0 Å². The second-order valence-electron chi connectivity index (χ2n) is 3.43. The van der Waals surface area contributed by atoms with E-state index in [9.17, 15) is 22.9 Å². The molecule has 0 amide bonds. The monoisotopic (exact) mass is 289 g/mol. The zero-order valence-corrected chi connectivity index (χ0v) is 10.6. The van der Waals surface area contributed by atoms with Crippen molar-refractivity contribution in [3.05, 3.63) is 46.3 Å². The minimum atomic E-state index is -3.91. The van der Waals surface area contributed by atoms with Gasteiger partial charge in [-0.05, 0) is 6.07 Å². The molecule has 19 heavy (non-hydrogen) atoms. The zero-order valence-electron chi connectivity index (χ0n) is 9.74. The average molecular weight is 289 g/mol. The third-order valence-electron chi connectivity index (χ3n) is 2.12. The lowest BCUT2D eigenvalue weighted by Crippen LogP contribution is -2.24. The largest absolute Gasteiger partial charge is 0.327 e. The molecule has 0 saturated heterocycles. The molecule has 0 bridgehead atoms. The summed E-state index contributed by atoms with van der Waals surface area (Å²) in [7, 11) is -3.91. The molecule has 3 N–H and O–H groups in total. The first kappa shape index (κ1) is 15.2. The molecule has 0 heterocycles. The second kappa shape index (κ2) is 6.36. The first-order valence-corrected chi connectivity index (χ1v) is 6.65. The van der Waals surface area contributed by atoms with Gasteiger partial charge in [-0.2, -0.15) is 4.39 Å². The molecule has 0 saturated carbocycles. The van der Waals surface area contributed by atoms with E-state index in [1.165, 1.54) is 6.08 Å². The normalized spacial score (nSPS) is 11.9. The third kappa shape index (κ3) is 4.09. The number of halogens is 1. The van der Waals surface area contributed by atoms with Gasteiger partial charge >= 0.3 is 5.69 Å². The maximum Gasteiger partial charge on any atom is 0.304 e. The van der Waals surface area contributed by atoms with Gasteiger partial charge in [-0.1, -0.05) is 12.2 Å². The Kier molecular flexibility index (Phi) is 5.10. The Bertz CT molecular complexity index is 601. The van der Waals surface area contributed by atoms with Crippen LogP contribution in [0.15, 0.2) is 35.2 Å². The van der Waals surface area contributed by atoms with Gasteiger partial charge in [0.05, 0.1) is 9.82 Å². The fourth-order valence-corrected chi connectivity index (χ4v) is 2.21. The lowest BCUT2D eigenvalue weighted by atomic mass is 10.3. The number of nitro groups is 1. The van der Waals surface area contributed by atoms with E-state index in [1.807, 2.05) is 0 Å². The van der Waals surface area contributed by atoms with Crippen LogP contribution in [0.1, 0.15) is 0 Å². The van der Waals surface area contributed by atoms with Crippen molar-refractivity contribution in [3.8, 4) is 0 Å². The Hall–Kier alpha value is -1.84. The van der Waals surface area contributed by atoms with Crippen LogP contribution in [0.25, 0.3) is 0 Å². The van der Waals surface area contributed by atoms with E-state index in [-0.39, 0.29) is 18.0 Å². The smallest absolute Gasteiger partial charge is 0.304 e. The predicted molar refractivity (Wildman–Crippen MR) is 66.4 cm³/mol. The van der Waals surface area contributed by atoms with Gasteiger partial charge in [-0.3, -0.25) is 10.1 Å². The van der Waals surface area contributed by atoms with E-state index in [0.29, 0.717) is 6.07 Å². The van der Waals surface area contributed by atoms with Crippen LogP contribution in [-0.4, -0.2) is 26.4 Å². The maximum absolute atomic E-state index is 13.3. The van der Waals surface area contributed by atoms with E-state index >= 15 is 0 Å². The second-order valence-corrected chi connectivity index (χ2v) is 5.20. The molecule has 1 aromatic rings. The molecule has 0 unspecified atom stereocenters. The number of benzene rings is 1. The van der Waals surface area contributed by atoms with Crippen LogP contribution in [0.2, 0.25) is 0 Å². The number of hydrogen-bond donors (Lipinski definition) is 2. The molecule has 0 aliphatic rings. The van der Waals surface area contributed by atoms with E-state index in [1.54, 1.807) is 6.08 Å². The van der Waals surface area contributed by atoms with Crippen molar-refractivity contribution in [2.24, 2.45) is 5.73 Å². The Morgan fingerprint density at radius 1 is 1.42 bits per heavy atom.